The van der Waals surface area contributed by atoms with Gasteiger partial charge in [0.1, 0.15) is 0 Å². The van der Waals surface area contributed by atoms with E-state index in [1.54, 1.807) is 18.3 Å². The predicted octanol–water partition coefficient (Wildman–Crippen LogP) is 5.33. The highest BCUT2D eigenvalue weighted by Gasteiger charge is 2.25. The molecule has 2 N–H and O–H groups in total. The van der Waals surface area contributed by atoms with Gasteiger partial charge in [-0.05, 0) is 77.5 Å². The maximum Gasteiger partial charge on any atom is 0.341 e. The number of rotatable bonds is 6. The second kappa shape index (κ2) is 12.3. The Bertz CT molecular complexity index is 897. The first kappa shape index (κ1) is 25.3. The fourth-order valence-electron chi connectivity index (χ4n) is 3.94. The van der Waals surface area contributed by atoms with E-state index in [1.165, 1.54) is 22.2 Å². The third-order valence-corrected chi connectivity index (χ3v) is 8.83. The molecule has 1 aromatic heterocycles. The van der Waals surface area contributed by atoms with Gasteiger partial charge in [0.25, 0.3) is 0 Å². The van der Waals surface area contributed by atoms with E-state index in [0.717, 1.165) is 72.4 Å². The van der Waals surface area contributed by atoms with E-state index < -0.39 is 5.97 Å². The van der Waals surface area contributed by atoms with Crippen LogP contribution >= 0.6 is 39.0 Å². The number of amides is 2. The molecule has 2 aliphatic heterocycles. The van der Waals surface area contributed by atoms with Crippen LogP contribution in [0.2, 0.25) is 0 Å². The van der Waals surface area contributed by atoms with Gasteiger partial charge in [-0.15, -0.1) is 23.1 Å². The molecule has 0 aromatic carbocycles. The molecule has 2 amide bonds. The topological polar surface area (TPSA) is 70.7 Å². The molecule has 0 saturated heterocycles. The lowest BCUT2D eigenvalue weighted by Gasteiger charge is -2.25. The Morgan fingerprint density at radius 1 is 1.22 bits per heavy atom. The average molecular weight is 543 g/mol. The second-order valence-corrected chi connectivity index (χ2v) is 11.4. The van der Waals surface area contributed by atoms with E-state index in [9.17, 15) is 9.59 Å². The summed E-state index contributed by atoms with van der Waals surface area (Å²) in [7, 11) is 0. The van der Waals surface area contributed by atoms with Crippen LogP contribution in [0.15, 0.2) is 26.5 Å². The molecule has 0 atom stereocenters. The average Bonchev–Trinajstić information content (AvgIpc) is 3.11. The quantitative estimate of drug-likeness (QED) is 0.476. The minimum Gasteiger partial charge on any atom is -0.462 e. The van der Waals surface area contributed by atoms with Gasteiger partial charge in [0.05, 0.1) is 21.0 Å². The van der Waals surface area contributed by atoms with Crippen LogP contribution in [0.5, 0.6) is 0 Å². The van der Waals surface area contributed by atoms with Crippen molar-refractivity contribution in [3.05, 3.63) is 42.5 Å². The zero-order chi connectivity index (χ0) is 23.1. The summed E-state index contributed by atoms with van der Waals surface area (Å²) in [5.41, 5.74) is 3.64. The van der Waals surface area contributed by atoms with Crippen molar-refractivity contribution >= 4 is 51.0 Å². The highest BCUT2D eigenvalue weighted by atomic mass is 79.9. The molecule has 2 aliphatic rings. The first-order valence-electron chi connectivity index (χ1n) is 11.2. The van der Waals surface area contributed by atoms with E-state index in [4.69, 9.17) is 4.74 Å². The van der Waals surface area contributed by atoms with Crippen LogP contribution in [-0.2, 0) is 29.0 Å². The van der Waals surface area contributed by atoms with Crippen LogP contribution in [0.1, 0.15) is 55.5 Å². The second-order valence-electron chi connectivity index (χ2n) is 7.87. The third kappa shape index (κ3) is 6.40. The van der Waals surface area contributed by atoms with E-state index in [-0.39, 0.29) is 12.6 Å². The summed E-state index contributed by atoms with van der Waals surface area (Å²) in [5, 5.41) is 6.45. The van der Waals surface area contributed by atoms with Gasteiger partial charge in [-0.2, -0.15) is 0 Å². The Kier molecular flexibility index (Phi) is 9.70. The molecule has 32 heavy (non-hydrogen) atoms. The fraction of sp³-hybridized carbons (Fsp3) is 0.565. The van der Waals surface area contributed by atoms with Gasteiger partial charge >= 0.3 is 12.0 Å². The number of carbonyl (C=O) groups excluding carboxylic acids is 2. The number of likely N-dealkylation sites (N-methyl/N-ethyl adjacent to an activating group) is 1. The van der Waals surface area contributed by atoms with Crippen molar-refractivity contribution in [2.75, 3.05) is 25.4 Å². The number of nitrogens with zero attached hydrogens (tertiary/aromatic N) is 1. The summed E-state index contributed by atoms with van der Waals surface area (Å²) >= 11 is 6.94. The molecule has 3 rings (SSSR count). The van der Waals surface area contributed by atoms with Crippen LogP contribution in [-0.4, -0.2) is 42.3 Å². The fourth-order valence-corrected chi connectivity index (χ4v) is 7.12. The minimum absolute atomic E-state index is 0.284. The SMILES string of the molecule is C=C1CCCCCS/C(NC(=O)NCc2c(Br)sc3c2CCN(CC)C3)=C\1C(=O)OCC. The number of thiophene rings is 1. The van der Waals surface area contributed by atoms with Gasteiger partial charge in [-0.1, -0.05) is 19.9 Å². The van der Waals surface area contributed by atoms with Crippen molar-refractivity contribution in [3.8, 4) is 0 Å². The minimum atomic E-state index is -0.419. The van der Waals surface area contributed by atoms with Crippen LogP contribution in [0.25, 0.3) is 0 Å². The molecular formula is C23H32BrN3O3S2. The molecule has 0 fully saturated rings. The van der Waals surface area contributed by atoms with Crippen molar-refractivity contribution in [2.45, 2.75) is 59.0 Å². The normalized spacial score (nSPS) is 20.0. The van der Waals surface area contributed by atoms with Crippen molar-refractivity contribution in [2.24, 2.45) is 0 Å². The Balaban J connectivity index is 1.72. The molecule has 9 heteroatoms. The summed E-state index contributed by atoms with van der Waals surface area (Å²) in [6.07, 6.45) is 4.81. The first-order valence-corrected chi connectivity index (χ1v) is 13.8. The van der Waals surface area contributed by atoms with Crippen molar-refractivity contribution in [3.63, 3.8) is 0 Å². The monoisotopic (exact) mass is 541 g/mol. The first-order chi connectivity index (χ1) is 15.4. The molecule has 1 aromatic rings. The van der Waals surface area contributed by atoms with Crippen LogP contribution in [0, 0.1) is 0 Å². The van der Waals surface area contributed by atoms with E-state index in [1.807, 2.05) is 0 Å². The van der Waals surface area contributed by atoms with Crippen LogP contribution in [0.3, 0.4) is 0 Å². The number of nitrogens with one attached hydrogen (secondary N) is 2. The molecule has 176 valence electrons. The number of urea groups is 1. The van der Waals surface area contributed by atoms with Gasteiger partial charge in [-0.25, -0.2) is 9.59 Å². The maximum absolute atomic E-state index is 12.8. The molecule has 0 saturated carbocycles. The Morgan fingerprint density at radius 3 is 2.78 bits per heavy atom. The van der Waals surface area contributed by atoms with Crippen molar-refractivity contribution in [1.82, 2.24) is 15.5 Å². The Morgan fingerprint density at radius 2 is 2.03 bits per heavy atom. The number of hydrogen-bond donors (Lipinski definition) is 2. The van der Waals surface area contributed by atoms with Gasteiger partial charge in [0.15, 0.2) is 0 Å². The number of halogens is 1. The summed E-state index contributed by atoms with van der Waals surface area (Å²) in [6.45, 7) is 11.9. The molecule has 0 bridgehead atoms. The number of ether oxygens (including phenoxy) is 1. The molecule has 0 spiro atoms. The lowest BCUT2D eigenvalue weighted by atomic mass is 10.0. The lowest BCUT2D eigenvalue weighted by Crippen LogP contribution is -2.36. The van der Waals surface area contributed by atoms with Crippen LogP contribution < -0.4 is 10.6 Å². The Labute approximate surface area is 207 Å². The molecular weight excluding hydrogens is 510 g/mol. The predicted molar refractivity (Wildman–Crippen MR) is 136 cm³/mol. The maximum atomic E-state index is 12.8. The van der Waals surface area contributed by atoms with Gasteiger partial charge in [0, 0.05) is 24.5 Å². The summed E-state index contributed by atoms with van der Waals surface area (Å²) in [4.78, 5) is 29.3. The standard InChI is InChI=1S/C23H32BrN3O3S2/c1-4-27-11-10-16-17(20(24)32-18(16)14-27)13-25-23(29)26-21-19(22(28)30-5-2)15(3)9-7-6-8-12-31-21/h3-14H2,1-2H3,(H2,25,26,29)/b21-19+. The van der Waals surface area contributed by atoms with Crippen LogP contribution in [0.4, 0.5) is 4.79 Å². The summed E-state index contributed by atoms with van der Waals surface area (Å²) in [6, 6.07) is -0.320. The third-order valence-electron chi connectivity index (χ3n) is 5.73. The van der Waals surface area contributed by atoms with Crippen molar-refractivity contribution < 1.29 is 14.3 Å². The van der Waals surface area contributed by atoms with Gasteiger partial charge < -0.3 is 15.4 Å². The lowest BCUT2D eigenvalue weighted by molar-refractivity contribution is -0.138. The number of esters is 1. The molecule has 0 radical (unpaired) electrons. The molecule has 0 aliphatic carbocycles. The Hall–Kier alpha value is -1.29. The zero-order valence-corrected chi connectivity index (χ0v) is 22.1. The highest BCUT2D eigenvalue weighted by molar-refractivity contribution is 9.11. The number of thioether (sulfide) groups is 1. The summed E-state index contributed by atoms with van der Waals surface area (Å²) < 4.78 is 6.34. The molecule has 0 unspecified atom stereocenters. The van der Waals surface area contributed by atoms with E-state index in [0.29, 0.717) is 17.1 Å². The van der Waals surface area contributed by atoms with E-state index >= 15 is 0 Å². The smallest absolute Gasteiger partial charge is 0.341 e. The molecule has 3 heterocycles. The highest BCUT2D eigenvalue weighted by Crippen LogP contribution is 2.36. The zero-order valence-electron chi connectivity index (χ0n) is 18.9. The number of carbonyl (C=O) groups is 2. The van der Waals surface area contributed by atoms with Crippen molar-refractivity contribution in [1.29, 1.82) is 0 Å². The number of fused-ring (bicyclic) bond motifs is 1. The number of hydrogen-bond acceptors (Lipinski definition) is 6. The van der Waals surface area contributed by atoms with E-state index in [2.05, 4.69) is 45.0 Å². The largest absolute Gasteiger partial charge is 0.462 e. The van der Waals surface area contributed by atoms with Gasteiger partial charge in [-0.3, -0.25) is 4.90 Å². The molecule has 6 nitrogen and oxygen atoms in total. The van der Waals surface area contributed by atoms with Gasteiger partial charge in [0.2, 0.25) is 0 Å². The summed E-state index contributed by atoms with van der Waals surface area (Å²) in [5.74, 6) is 0.417.